The molecule has 4 rings (SSSR count). The van der Waals surface area contributed by atoms with Crippen molar-refractivity contribution in [2.45, 2.75) is 5.16 Å². The number of nitrogens with two attached hydrogens (primary N) is 1. The highest BCUT2D eigenvalue weighted by Crippen LogP contribution is 2.29. The highest BCUT2D eigenvalue weighted by molar-refractivity contribution is 7.99. The van der Waals surface area contributed by atoms with Crippen LogP contribution >= 0.6 is 23.4 Å². The van der Waals surface area contributed by atoms with Gasteiger partial charge in [-0.3, -0.25) is 14.2 Å². The van der Waals surface area contributed by atoms with Gasteiger partial charge in [-0.2, -0.15) is 0 Å². The number of thioether (sulfide) groups is 1. The van der Waals surface area contributed by atoms with E-state index in [0.717, 1.165) is 11.3 Å². The van der Waals surface area contributed by atoms with Gasteiger partial charge in [0.2, 0.25) is 11.8 Å². The zero-order valence-electron chi connectivity index (χ0n) is 16.7. The summed E-state index contributed by atoms with van der Waals surface area (Å²) in [5.74, 6) is 0.0181. The number of halogens is 1. The van der Waals surface area contributed by atoms with Crippen molar-refractivity contribution in [3.8, 4) is 17.1 Å². The number of primary amides is 1. The molecule has 0 aliphatic carbocycles. The first-order valence-corrected chi connectivity index (χ1v) is 11.0. The van der Waals surface area contributed by atoms with E-state index in [9.17, 15) is 9.59 Å². The number of rotatable bonds is 7. The molecule has 0 radical (unpaired) electrons. The average Bonchev–Trinajstić information content (AvgIpc) is 3.23. The highest BCUT2D eigenvalue weighted by atomic mass is 35.5. The van der Waals surface area contributed by atoms with Gasteiger partial charge in [-0.1, -0.05) is 53.7 Å². The van der Waals surface area contributed by atoms with Crippen molar-refractivity contribution in [3.63, 3.8) is 0 Å². The SMILES string of the molecule is NC(=O)c1ccc(NC(=O)CSc2nnc(-c3cccc(Cl)c3)n2-c2ccccc2)cc1. The van der Waals surface area contributed by atoms with Gasteiger partial charge >= 0.3 is 0 Å². The molecule has 0 fully saturated rings. The maximum absolute atomic E-state index is 12.5. The Hall–Kier alpha value is -3.62. The van der Waals surface area contributed by atoms with Crippen molar-refractivity contribution in [1.29, 1.82) is 0 Å². The van der Waals surface area contributed by atoms with Crippen molar-refractivity contribution in [2.75, 3.05) is 11.1 Å². The van der Waals surface area contributed by atoms with E-state index in [0.29, 0.717) is 27.3 Å². The molecule has 32 heavy (non-hydrogen) atoms. The molecule has 7 nitrogen and oxygen atoms in total. The first-order chi connectivity index (χ1) is 15.5. The smallest absolute Gasteiger partial charge is 0.248 e. The Morgan fingerprint density at radius 1 is 0.969 bits per heavy atom. The van der Waals surface area contributed by atoms with Gasteiger partial charge < -0.3 is 11.1 Å². The standard InChI is InChI=1S/C23H18ClN5O2S/c24-17-6-4-5-16(13-17)22-27-28-23(29(22)19-7-2-1-3-8-19)32-14-20(30)26-18-11-9-15(10-12-18)21(25)31/h1-13H,14H2,(H2,25,31)(H,26,30). The van der Waals surface area contributed by atoms with Gasteiger partial charge in [-0.25, -0.2) is 0 Å². The van der Waals surface area contributed by atoms with Crippen LogP contribution in [0.25, 0.3) is 17.1 Å². The van der Waals surface area contributed by atoms with E-state index in [1.54, 1.807) is 30.3 Å². The van der Waals surface area contributed by atoms with E-state index in [1.165, 1.54) is 11.8 Å². The zero-order valence-corrected chi connectivity index (χ0v) is 18.3. The Bertz CT molecular complexity index is 1260. The summed E-state index contributed by atoms with van der Waals surface area (Å²) in [6.07, 6.45) is 0. The highest BCUT2D eigenvalue weighted by Gasteiger charge is 2.17. The summed E-state index contributed by atoms with van der Waals surface area (Å²) < 4.78 is 1.89. The molecule has 0 aliphatic heterocycles. The van der Waals surface area contributed by atoms with Crippen molar-refractivity contribution in [2.24, 2.45) is 5.73 Å². The van der Waals surface area contributed by atoms with E-state index in [-0.39, 0.29) is 11.7 Å². The van der Waals surface area contributed by atoms with E-state index in [1.807, 2.05) is 53.1 Å². The summed E-state index contributed by atoms with van der Waals surface area (Å²) in [5, 5.41) is 12.6. The van der Waals surface area contributed by atoms with Crippen LogP contribution in [0.1, 0.15) is 10.4 Å². The number of nitrogens with one attached hydrogen (secondary N) is 1. The molecular weight excluding hydrogens is 446 g/mol. The summed E-state index contributed by atoms with van der Waals surface area (Å²) >= 11 is 7.43. The number of anilines is 1. The maximum Gasteiger partial charge on any atom is 0.248 e. The number of hydrogen-bond donors (Lipinski definition) is 2. The fraction of sp³-hybridized carbons (Fsp3) is 0.0435. The molecule has 160 valence electrons. The van der Waals surface area contributed by atoms with Gasteiger partial charge in [-0.05, 0) is 48.5 Å². The average molecular weight is 464 g/mol. The minimum atomic E-state index is -0.519. The normalized spacial score (nSPS) is 10.7. The number of nitrogens with zero attached hydrogens (tertiary/aromatic N) is 3. The molecule has 3 N–H and O–H groups in total. The summed E-state index contributed by atoms with van der Waals surface area (Å²) in [6, 6.07) is 23.4. The van der Waals surface area contributed by atoms with E-state index >= 15 is 0 Å². The molecule has 0 bridgehead atoms. The second-order valence-electron chi connectivity index (χ2n) is 6.77. The monoisotopic (exact) mass is 463 g/mol. The molecule has 0 saturated heterocycles. The number of aromatic nitrogens is 3. The number of benzene rings is 3. The molecule has 1 aromatic heterocycles. The van der Waals surface area contributed by atoms with Gasteiger partial charge in [0.25, 0.3) is 0 Å². The van der Waals surface area contributed by atoms with Crippen LogP contribution in [0.15, 0.2) is 84.0 Å². The molecule has 0 saturated carbocycles. The van der Waals surface area contributed by atoms with Crippen LogP contribution in [0, 0.1) is 0 Å². The lowest BCUT2D eigenvalue weighted by molar-refractivity contribution is -0.113. The Kier molecular flexibility index (Phi) is 6.53. The van der Waals surface area contributed by atoms with Gasteiger partial charge in [-0.15, -0.1) is 10.2 Å². The van der Waals surface area contributed by atoms with Crippen LogP contribution in [0.2, 0.25) is 5.02 Å². The second kappa shape index (κ2) is 9.67. The largest absolute Gasteiger partial charge is 0.366 e. The summed E-state index contributed by atoms with van der Waals surface area (Å²) in [6.45, 7) is 0. The second-order valence-corrected chi connectivity index (χ2v) is 8.14. The predicted molar refractivity (Wildman–Crippen MR) is 126 cm³/mol. The molecule has 3 aromatic carbocycles. The Morgan fingerprint density at radius 2 is 1.72 bits per heavy atom. The zero-order chi connectivity index (χ0) is 22.5. The molecule has 1 heterocycles. The van der Waals surface area contributed by atoms with Crippen LogP contribution < -0.4 is 11.1 Å². The molecule has 4 aromatic rings. The summed E-state index contributed by atoms with van der Waals surface area (Å²) in [7, 11) is 0. The third kappa shape index (κ3) is 4.99. The van der Waals surface area contributed by atoms with Gasteiger partial charge in [0.05, 0.1) is 5.75 Å². The van der Waals surface area contributed by atoms with Crippen LogP contribution in [-0.4, -0.2) is 32.3 Å². The van der Waals surface area contributed by atoms with E-state index < -0.39 is 5.91 Å². The fourth-order valence-corrected chi connectivity index (χ4v) is 3.97. The summed E-state index contributed by atoms with van der Waals surface area (Å²) in [4.78, 5) is 23.7. The Labute approximate surface area is 193 Å². The molecule has 2 amide bonds. The van der Waals surface area contributed by atoms with Crippen LogP contribution in [-0.2, 0) is 4.79 Å². The van der Waals surface area contributed by atoms with E-state index in [4.69, 9.17) is 17.3 Å². The number of amides is 2. The molecule has 9 heteroatoms. The third-order valence-electron chi connectivity index (χ3n) is 4.52. The predicted octanol–water partition coefficient (Wildman–Crippen LogP) is 4.42. The molecular formula is C23H18ClN5O2S. The number of hydrogen-bond acceptors (Lipinski definition) is 5. The van der Waals surface area contributed by atoms with Crippen molar-refractivity contribution >= 4 is 40.9 Å². The fourth-order valence-electron chi connectivity index (χ4n) is 3.03. The molecule has 0 atom stereocenters. The van der Waals surface area contributed by atoms with Crippen LogP contribution in [0.5, 0.6) is 0 Å². The minimum Gasteiger partial charge on any atom is -0.366 e. The summed E-state index contributed by atoms with van der Waals surface area (Å²) in [5.41, 5.74) is 7.88. The maximum atomic E-state index is 12.5. The van der Waals surface area contributed by atoms with E-state index in [2.05, 4.69) is 15.5 Å². The quantitative estimate of drug-likeness (QED) is 0.395. The van der Waals surface area contributed by atoms with Gasteiger partial charge in [0.15, 0.2) is 11.0 Å². The first kappa shape index (κ1) is 21.6. The Morgan fingerprint density at radius 3 is 2.41 bits per heavy atom. The van der Waals surface area contributed by atoms with Gasteiger partial charge in [0, 0.05) is 27.5 Å². The third-order valence-corrected chi connectivity index (χ3v) is 5.68. The topological polar surface area (TPSA) is 103 Å². The Balaban J connectivity index is 1.54. The molecule has 0 unspecified atom stereocenters. The lowest BCUT2D eigenvalue weighted by atomic mass is 10.2. The molecule has 0 spiro atoms. The van der Waals surface area contributed by atoms with Crippen molar-refractivity contribution in [3.05, 3.63) is 89.4 Å². The number of carbonyl (C=O) groups excluding carboxylic acids is 2. The van der Waals surface area contributed by atoms with Crippen LogP contribution in [0.4, 0.5) is 5.69 Å². The number of carbonyl (C=O) groups is 2. The van der Waals surface area contributed by atoms with Crippen molar-refractivity contribution in [1.82, 2.24) is 14.8 Å². The molecule has 0 aliphatic rings. The number of para-hydroxylation sites is 1. The first-order valence-electron chi connectivity index (χ1n) is 9.60. The van der Waals surface area contributed by atoms with Gasteiger partial charge in [0.1, 0.15) is 0 Å². The van der Waals surface area contributed by atoms with Crippen molar-refractivity contribution < 1.29 is 9.59 Å². The van der Waals surface area contributed by atoms with Crippen LogP contribution in [0.3, 0.4) is 0 Å². The lowest BCUT2D eigenvalue weighted by Gasteiger charge is -2.11. The minimum absolute atomic E-state index is 0.123. The lowest BCUT2D eigenvalue weighted by Crippen LogP contribution is -2.15.